The summed E-state index contributed by atoms with van der Waals surface area (Å²) in [6.45, 7) is 0. The largest absolute Gasteiger partial charge is 0.454 e. The van der Waals surface area contributed by atoms with Gasteiger partial charge in [0.1, 0.15) is 5.75 Å². The summed E-state index contributed by atoms with van der Waals surface area (Å²) in [5, 5.41) is 3.17. The quantitative estimate of drug-likeness (QED) is 0.678. The van der Waals surface area contributed by atoms with E-state index in [0.29, 0.717) is 22.2 Å². The number of amides is 1. The lowest BCUT2D eigenvalue weighted by Crippen LogP contribution is -2.14. The Bertz CT molecular complexity index is 1150. The minimum atomic E-state index is -3.77. The zero-order valence-electron chi connectivity index (χ0n) is 13.8. The standard InChI is InChI=1S/C19H13ClN2O4S/c20-12-6-8-18-16(10-12)21-19(23)15-11-13(7-9-17(15)26-18)22-27(24,25)14-4-2-1-3-5-14/h1-11,22H,(H,21,23). The lowest BCUT2D eigenvalue weighted by molar-refractivity contribution is 0.102. The third-order valence-corrected chi connectivity index (χ3v) is 5.57. The summed E-state index contributed by atoms with van der Waals surface area (Å²) >= 11 is 5.96. The number of benzene rings is 3. The number of ether oxygens (including phenoxy) is 1. The molecule has 2 N–H and O–H groups in total. The van der Waals surface area contributed by atoms with E-state index >= 15 is 0 Å². The Hall–Kier alpha value is -3.03. The second kappa shape index (κ2) is 6.61. The SMILES string of the molecule is O=C1Nc2cc(Cl)ccc2Oc2ccc(NS(=O)(=O)c3ccccc3)cc21. The van der Waals surface area contributed by atoms with Gasteiger partial charge in [0.2, 0.25) is 0 Å². The van der Waals surface area contributed by atoms with Crippen LogP contribution in [0.3, 0.4) is 0 Å². The zero-order chi connectivity index (χ0) is 19.0. The number of sulfonamides is 1. The number of hydrogen-bond donors (Lipinski definition) is 2. The predicted molar refractivity (Wildman–Crippen MR) is 103 cm³/mol. The molecule has 4 rings (SSSR count). The summed E-state index contributed by atoms with van der Waals surface area (Å²) in [7, 11) is -3.77. The number of carbonyl (C=O) groups excluding carboxylic acids is 1. The van der Waals surface area contributed by atoms with Gasteiger partial charge in [0.15, 0.2) is 5.75 Å². The van der Waals surface area contributed by atoms with E-state index in [-0.39, 0.29) is 16.1 Å². The molecule has 8 heteroatoms. The van der Waals surface area contributed by atoms with E-state index in [2.05, 4.69) is 10.0 Å². The van der Waals surface area contributed by atoms with E-state index in [1.165, 1.54) is 24.3 Å². The molecular weight excluding hydrogens is 388 g/mol. The van der Waals surface area contributed by atoms with Crippen molar-refractivity contribution < 1.29 is 17.9 Å². The molecule has 0 unspecified atom stereocenters. The zero-order valence-corrected chi connectivity index (χ0v) is 15.3. The van der Waals surface area contributed by atoms with Crippen molar-refractivity contribution in [2.75, 3.05) is 10.0 Å². The number of rotatable bonds is 3. The van der Waals surface area contributed by atoms with Crippen LogP contribution in [0, 0.1) is 0 Å². The summed E-state index contributed by atoms with van der Waals surface area (Å²) in [5.41, 5.74) is 0.894. The summed E-state index contributed by atoms with van der Waals surface area (Å²) in [4.78, 5) is 12.7. The summed E-state index contributed by atoms with van der Waals surface area (Å²) in [6, 6.07) is 17.4. The fraction of sp³-hybridized carbons (Fsp3) is 0. The van der Waals surface area contributed by atoms with Crippen LogP contribution in [0.25, 0.3) is 0 Å². The minimum Gasteiger partial charge on any atom is -0.454 e. The fourth-order valence-corrected chi connectivity index (χ4v) is 3.91. The van der Waals surface area contributed by atoms with Crippen LogP contribution < -0.4 is 14.8 Å². The molecule has 0 radical (unpaired) electrons. The smallest absolute Gasteiger partial charge is 0.261 e. The number of carbonyl (C=O) groups is 1. The molecule has 1 amide bonds. The van der Waals surface area contributed by atoms with E-state index in [1.54, 1.807) is 42.5 Å². The molecule has 0 aromatic heterocycles. The van der Waals surface area contributed by atoms with Gasteiger partial charge in [0.25, 0.3) is 15.9 Å². The molecule has 0 fully saturated rings. The lowest BCUT2D eigenvalue weighted by atomic mass is 10.1. The van der Waals surface area contributed by atoms with Gasteiger partial charge in [-0.15, -0.1) is 0 Å². The fourth-order valence-electron chi connectivity index (χ4n) is 2.67. The molecule has 0 aliphatic carbocycles. The maximum absolute atomic E-state index is 12.6. The van der Waals surface area contributed by atoms with Gasteiger partial charge >= 0.3 is 0 Å². The van der Waals surface area contributed by atoms with Crippen LogP contribution in [0.2, 0.25) is 5.02 Å². The van der Waals surface area contributed by atoms with Crippen LogP contribution in [0.4, 0.5) is 11.4 Å². The topological polar surface area (TPSA) is 84.5 Å². The third kappa shape index (κ3) is 3.47. The van der Waals surface area contributed by atoms with Crippen molar-refractivity contribution in [1.82, 2.24) is 0 Å². The average molecular weight is 401 g/mol. The van der Waals surface area contributed by atoms with Crippen molar-refractivity contribution >= 4 is 38.9 Å². The van der Waals surface area contributed by atoms with Crippen LogP contribution >= 0.6 is 11.6 Å². The Morgan fingerprint density at radius 2 is 1.67 bits per heavy atom. The van der Waals surface area contributed by atoms with Crippen molar-refractivity contribution in [3.05, 3.63) is 77.3 Å². The van der Waals surface area contributed by atoms with Crippen molar-refractivity contribution in [1.29, 1.82) is 0 Å². The molecule has 0 saturated heterocycles. The first kappa shape index (κ1) is 17.4. The van der Waals surface area contributed by atoms with Crippen molar-refractivity contribution in [3.63, 3.8) is 0 Å². The van der Waals surface area contributed by atoms with Gasteiger partial charge in [-0.25, -0.2) is 8.42 Å². The van der Waals surface area contributed by atoms with Gasteiger partial charge in [0.05, 0.1) is 16.1 Å². The Balaban J connectivity index is 1.68. The van der Waals surface area contributed by atoms with Crippen molar-refractivity contribution in [2.24, 2.45) is 0 Å². The second-order valence-corrected chi connectivity index (χ2v) is 7.94. The van der Waals surface area contributed by atoms with Crippen molar-refractivity contribution in [3.8, 4) is 11.5 Å². The molecule has 6 nitrogen and oxygen atoms in total. The molecule has 1 heterocycles. The Morgan fingerprint density at radius 1 is 0.926 bits per heavy atom. The highest BCUT2D eigenvalue weighted by Crippen LogP contribution is 2.38. The summed E-state index contributed by atoms with van der Waals surface area (Å²) < 4.78 is 33.2. The molecule has 0 bridgehead atoms. The van der Waals surface area contributed by atoms with Crippen LogP contribution in [0.1, 0.15) is 10.4 Å². The molecule has 0 saturated carbocycles. The highest BCUT2D eigenvalue weighted by atomic mass is 35.5. The predicted octanol–water partition coefficient (Wildman–Crippen LogP) is 4.50. The molecule has 3 aromatic rings. The van der Waals surface area contributed by atoms with Gasteiger partial charge < -0.3 is 10.1 Å². The van der Waals surface area contributed by atoms with Gasteiger partial charge in [-0.1, -0.05) is 29.8 Å². The first-order valence-electron chi connectivity index (χ1n) is 7.93. The molecule has 1 aliphatic rings. The molecule has 1 aliphatic heterocycles. The number of anilines is 2. The van der Waals surface area contributed by atoms with Gasteiger partial charge in [-0.2, -0.15) is 0 Å². The number of fused-ring (bicyclic) bond motifs is 2. The lowest BCUT2D eigenvalue weighted by Gasteiger charge is -2.11. The highest BCUT2D eigenvalue weighted by Gasteiger charge is 2.22. The van der Waals surface area contributed by atoms with Gasteiger partial charge in [-0.05, 0) is 48.5 Å². The minimum absolute atomic E-state index is 0.127. The summed E-state index contributed by atoms with van der Waals surface area (Å²) in [5.74, 6) is 0.340. The maximum Gasteiger partial charge on any atom is 0.261 e. The Morgan fingerprint density at radius 3 is 2.44 bits per heavy atom. The number of nitrogens with one attached hydrogen (secondary N) is 2. The third-order valence-electron chi connectivity index (χ3n) is 3.94. The van der Waals surface area contributed by atoms with E-state index in [9.17, 15) is 13.2 Å². The summed E-state index contributed by atoms with van der Waals surface area (Å²) in [6.07, 6.45) is 0. The highest BCUT2D eigenvalue weighted by molar-refractivity contribution is 7.92. The molecule has 0 spiro atoms. The Labute approximate surface area is 160 Å². The number of hydrogen-bond acceptors (Lipinski definition) is 4. The second-order valence-electron chi connectivity index (χ2n) is 5.83. The molecule has 136 valence electrons. The van der Waals surface area contributed by atoms with Crippen LogP contribution in [-0.2, 0) is 10.0 Å². The van der Waals surface area contributed by atoms with Gasteiger partial charge in [0, 0.05) is 10.7 Å². The first-order chi connectivity index (χ1) is 12.9. The number of halogens is 1. The molecular formula is C19H13ClN2O4S. The van der Waals surface area contributed by atoms with E-state index in [0.717, 1.165) is 0 Å². The molecule has 27 heavy (non-hydrogen) atoms. The van der Waals surface area contributed by atoms with Crippen LogP contribution in [0.5, 0.6) is 11.5 Å². The Kier molecular flexibility index (Phi) is 4.25. The van der Waals surface area contributed by atoms with E-state index in [4.69, 9.17) is 16.3 Å². The van der Waals surface area contributed by atoms with E-state index < -0.39 is 15.9 Å². The van der Waals surface area contributed by atoms with Crippen molar-refractivity contribution in [2.45, 2.75) is 4.90 Å². The van der Waals surface area contributed by atoms with E-state index in [1.807, 2.05) is 0 Å². The normalized spacial score (nSPS) is 12.9. The average Bonchev–Trinajstić information content (AvgIpc) is 2.78. The van der Waals surface area contributed by atoms with Crippen LogP contribution in [0.15, 0.2) is 71.6 Å². The maximum atomic E-state index is 12.6. The first-order valence-corrected chi connectivity index (χ1v) is 9.79. The molecule has 3 aromatic carbocycles. The van der Waals surface area contributed by atoms with Gasteiger partial charge in [-0.3, -0.25) is 9.52 Å². The monoisotopic (exact) mass is 400 g/mol. The van der Waals surface area contributed by atoms with Crippen LogP contribution in [-0.4, -0.2) is 14.3 Å². The molecule has 0 atom stereocenters.